The van der Waals surface area contributed by atoms with E-state index in [9.17, 15) is 18.0 Å². The lowest BCUT2D eigenvalue weighted by Crippen LogP contribution is -2.45. The molecule has 2 aromatic carbocycles. The third-order valence-electron chi connectivity index (χ3n) is 7.07. The largest absolute Gasteiger partial charge is 0.467 e. The summed E-state index contributed by atoms with van der Waals surface area (Å²) in [5.74, 6) is -1.13. The van der Waals surface area contributed by atoms with Gasteiger partial charge in [-0.1, -0.05) is 23.8 Å². The van der Waals surface area contributed by atoms with Crippen molar-refractivity contribution in [3.05, 3.63) is 83.4 Å². The van der Waals surface area contributed by atoms with E-state index in [2.05, 4.69) is 10.3 Å². The number of pyridine rings is 1. The second-order valence-electron chi connectivity index (χ2n) is 11.8. The highest BCUT2D eigenvalue weighted by molar-refractivity contribution is 7.90. The fourth-order valence-corrected chi connectivity index (χ4v) is 6.14. The first-order valence-electron chi connectivity index (χ1n) is 14.1. The number of benzene rings is 2. The summed E-state index contributed by atoms with van der Waals surface area (Å²) in [6.07, 6.45) is 3.91. The van der Waals surface area contributed by atoms with Gasteiger partial charge >= 0.3 is 12.1 Å². The third-order valence-corrected chi connectivity index (χ3v) is 8.74. The topological polar surface area (TPSA) is 126 Å². The van der Waals surface area contributed by atoms with Gasteiger partial charge in [0.15, 0.2) is 17.2 Å². The maximum atomic E-state index is 15.4. The Bertz CT molecular complexity index is 1830. The second kappa shape index (κ2) is 11.9. The quantitative estimate of drug-likeness (QED) is 0.225. The van der Waals surface area contributed by atoms with Crippen LogP contribution in [0.4, 0.5) is 9.18 Å². The average Bonchev–Trinajstić information content (AvgIpc) is 3.72. The van der Waals surface area contributed by atoms with E-state index in [0.717, 1.165) is 27.9 Å². The summed E-state index contributed by atoms with van der Waals surface area (Å²) in [4.78, 5) is 29.1. The maximum Gasteiger partial charge on any atom is 0.408 e. The lowest BCUT2D eigenvalue weighted by Gasteiger charge is -2.22. The zero-order valence-corrected chi connectivity index (χ0v) is 25.9. The summed E-state index contributed by atoms with van der Waals surface area (Å²) < 4.78 is 59.9. The summed E-state index contributed by atoms with van der Waals surface area (Å²) in [5, 5.41) is 2.97. The van der Waals surface area contributed by atoms with Gasteiger partial charge in [-0.2, -0.15) is 0 Å². The molecule has 0 bridgehead atoms. The predicted molar refractivity (Wildman–Crippen MR) is 161 cm³/mol. The zero-order chi connectivity index (χ0) is 31.8. The lowest BCUT2D eigenvalue weighted by molar-refractivity contribution is -0.143. The Morgan fingerprint density at radius 3 is 2.41 bits per heavy atom. The normalized spacial score (nSPS) is 14.2. The summed E-state index contributed by atoms with van der Waals surface area (Å²) in [6, 6.07) is 11.2. The predicted octanol–water partition coefficient (Wildman–Crippen LogP) is 6.00. The van der Waals surface area contributed by atoms with Crippen molar-refractivity contribution >= 4 is 33.1 Å². The van der Waals surface area contributed by atoms with Crippen molar-refractivity contribution in [2.45, 2.75) is 69.4 Å². The number of ether oxygens (including phenoxy) is 3. The molecule has 1 aliphatic carbocycles. The highest BCUT2D eigenvalue weighted by Crippen LogP contribution is 2.47. The van der Waals surface area contributed by atoms with Crippen LogP contribution in [0.25, 0.3) is 11.0 Å². The number of carbonyl (C=O) groups is 2. The van der Waals surface area contributed by atoms with Crippen LogP contribution in [0.2, 0.25) is 0 Å². The number of fused-ring (bicyclic) bond motifs is 1. The number of halogens is 1. The molecule has 0 radical (unpaired) electrons. The number of aromatic nitrogens is 2. The smallest absolute Gasteiger partial charge is 0.408 e. The molecule has 12 heteroatoms. The molecule has 1 atom stereocenters. The molecule has 10 nitrogen and oxygen atoms in total. The fraction of sp³-hybridized carbons (Fsp3) is 0.344. The lowest BCUT2D eigenvalue weighted by atomic mass is 10.1. The van der Waals surface area contributed by atoms with Gasteiger partial charge in [0.1, 0.15) is 17.4 Å². The van der Waals surface area contributed by atoms with Crippen LogP contribution in [0.3, 0.4) is 0 Å². The Hall–Kier alpha value is -4.45. The molecule has 44 heavy (non-hydrogen) atoms. The number of alkyl carbamates (subject to hydrolysis) is 1. The van der Waals surface area contributed by atoms with Crippen LogP contribution >= 0.6 is 0 Å². The van der Waals surface area contributed by atoms with Crippen molar-refractivity contribution in [1.29, 1.82) is 0 Å². The molecule has 232 valence electrons. The van der Waals surface area contributed by atoms with Crippen LogP contribution in [-0.4, -0.2) is 48.2 Å². The van der Waals surface area contributed by atoms with Crippen molar-refractivity contribution in [3.8, 4) is 11.5 Å². The van der Waals surface area contributed by atoms with Crippen LogP contribution in [0.15, 0.2) is 65.8 Å². The van der Waals surface area contributed by atoms with Crippen molar-refractivity contribution < 1.29 is 36.6 Å². The van der Waals surface area contributed by atoms with Gasteiger partial charge in [0, 0.05) is 18.8 Å². The molecule has 2 heterocycles. The standard InChI is InChI=1S/C32H34FN3O7S/c1-19-6-11-22(12-7-19)44(39,40)36-18-23(21-9-10-21)28-27(14-15-34-29(28)36)42-26-13-8-20(16-24(26)33)17-25(30(37)41-5)35-31(38)43-32(2,3)4/h6-8,11-16,18,21,25H,9-10,17H2,1-5H3,(H,35,38)/t25-/m0/s1. The number of methoxy groups -OCH3 is 1. The van der Waals surface area contributed by atoms with Gasteiger partial charge in [-0.3, -0.25) is 0 Å². The van der Waals surface area contributed by atoms with Crippen LogP contribution in [0, 0.1) is 12.7 Å². The Balaban J connectivity index is 1.44. The average molecular weight is 624 g/mol. The van der Waals surface area contributed by atoms with Gasteiger partial charge in [0.2, 0.25) is 0 Å². The van der Waals surface area contributed by atoms with Crippen LogP contribution in [-0.2, 0) is 30.7 Å². The summed E-state index contributed by atoms with van der Waals surface area (Å²) >= 11 is 0. The molecule has 0 saturated heterocycles. The molecule has 0 spiro atoms. The number of rotatable bonds is 9. The second-order valence-corrected chi connectivity index (χ2v) is 13.6. The minimum absolute atomic E-state index is 0.0613. The van der Waals surface area contributed by atoms with Crippen molar-refractivity contribution in [2.75, 3.05) is 7.11 Å². The Morgan fingerprint density at radius 2 is 1.80 bits per heavy atom. The SMILES string of the molecule is COC(=O)[C@H](Cc1ccc(Oc2ccnc3c2c(C2CC2)cn3S(=O)(=O)c2ccc(C)cc2)c(F)c1)NC(=O)OC(C)(C)C. The molecule has 5 rings (SSSR count). The number of nitrogens with zero attached hydrogens (tertiary/aromatic N) is 2. The maximum absolute atomic E-state index is 15.4. The number of esters is 1. The van der Waals surface area contributed by atoms with Crippen LogP contribution < -0.4 is 10.1 Å². The molecule has 1 fully saturated rings. The Morgan fingerprint density at radius 1 is 1.09 bits per heavy atom. The van der Waals surface area contributed by atoms with Crippen LogP contribution in [0.5, 0.6) is 11.5 Å². The fourth-order valence-electron chi connectivity index (χ4n) is 4.81. The van der Waals surface area contributed by atoms with E-state index in [-0.39, 0.29) is 34.4 Å². The monoisotopic (exact) mass is 623 g/mol. The minimum Gasteiger partial charge on any atom is -0.467 e. The van der Waals surface area contributed by atoms with Gasteiger partial charge in [-0.05, 0) is 87.9 Å². The Labute approximate surface area is 255 Å². The van der Waals surface area contributed by atoms with Gasteiger partial charge < -0.3 is 19.5 Å². The van der Waals surface area contributed by atoms with Crippen molar-refractivity contribution in [2.24, 2.45) is 0 Å². The van der Waals surface area contributed by atoms with E-state index in [0.29, 0.717) is 10.9 Å². The van der Waals surface area contributed by atoms with Crippen molar-refractivity contribution in [3.63, 3.8) is 0 Å². The molecule has 4 aromatic rings. The van der Waals surface area contributed by atoms with Crippen LogP contribution in [0.1, 0.15) is 56.2 Å². The van der Waals surface area contributed by atoms with E-state index in [4.69, 9.17) is 14.2 Å². The molecule has 1 N–H and O–H groups in total. The summed E-state index contributed by atoms with van der Waals surface area (Å²) in [7, 11) is -2.77. The molecule has 1 amide bonds. The van der Waals surface area contributed by atoms with Crippen molar-refractivity contribution in [1.82, 2.24) is 14.3 Å². The van der Waals surface area contributed by atoms with Gasteiger partial charge in [0.25, 0.3) is 10.0 Å². The number of nitrogens with one attached hydrogen (secondary N) is 1. The molecular formula is C32H34FN3O7S. The molecule has 1 aliphatic rings. The first-order valence-corrected chi connectivity index (χ1v) is 15.6. The summed E-state index contributed by atoms with van der Waals surface area (Å²) in [5.41, 5.74) is 1.51. The van der Waals surface area contributed by atoms with Gasteiger partial charge in [0.05, 0.1) is 17.4 Å². The third kappa shape index (κ3) is 6.70. The highest BCUT2D eigenvalue weighted by atomic mass is 32.2. The zero-order valence-electron chi connectivity index (χ0n) is 25.1. The van der Waals surface area contributed by atoms with E-state index in [1.54, 1.807) is 63.4 Å². The first kappa shape index (κ1) is 31.0. The molecular weight excluding hydrogens is 589 g/mol. The molecule has 0 aliphatic heterocycles. The number of hydrogen-bond acceptors (Lipinski definition) is 8. The van der Waals surface area contributed by atoms with Gasteiger partial charge in [-0.25, -0.2) is 31.4 Å². The van der Waals surface area contributed by atoms with E-state index < -0.39 is 39.5 Å². The van der Waals surface area contributed by atoms with E-state index in [1.165, 1.54) is 25.4 Å². The number of aryl methyl sites for hydroxylation is 1. The van der Waals surface area contributed by atoms with E-state index >= 15 is 4.39 Å². The number of carbonyl (C=O) groups excluding carboxylic acids is 2. The Kier molecular flexibility index (Phi) is 8.39. The molecule has 1 saturated carbocycles. The molecule has 0 unspecified atom stereocenters. The number of hydrogen-bond donors (Lipinski definition) is 1. The molecule has 2 aromatic heterocycles. The highest BCUT2D eigenvalue weighted by Gasteiger charge is 2.33. The minimum atomic E-state index is -3.96. The summed E-state index contributed by atoms with van der Waals surface area (Å²) in [6.45, 7) is 6.95. The number of amides is 1. The first-order chi connectivity index (χ1) is 20.8. The van der Waals surface area contributed by atoms with Gasteiger partial charge in [-0.15, -0.1) is 0 Å². The van der Waals surface area contributed by atoms with E-state index in [1.807, 2.05) is 6.92 Å².